The summed E-state index contributed by atoms with van der Waals surface area (Å²) in [5.74, 6) is -6.89. The van der Waals surface area contributed by atoms with E-state index in [0.717, 1.165) is 77.0 Å². The normalized spacial score (nSPS) is 13.5. The molecule has 0 fully saturated rings. The Balaban J connectivity index is -0.000000140. The van der Waals surface area contributed by atoms with Crippen molar-refractivity contribution in [2.45, 2.75) is 196 Å². The molecule has 14 N–H and O–H groups in total. The zero-order valence-electron chi connectivity index (χ0n) is 54.6. The highest BCUT2D eigenvalue weighted by Crippen LogP contribution is 2.09. The number of rotatable bonds is 40. The van der Waals surface area contributed by atoms with Gasteiger partial charge in [0.2, 0.25) is 11.8 Å². The molecule has 0 aromatic heterocycles. The van der Waals surface area contributed by atoms with E-state index in [9.17, 15) is 47.9 Å². The van der Waals surface area contributed by atoms with Crippen molar-refractivity contribution >= 4 is 94.9 Å². The summed E-state index contributed by atoms with van der Waals surface area (Å²) in [4.78, 5) is 106. The first kappa shape index (κ1) is 97.8. The van der Waals surface area contributed by atoms with Crippen molar-refractivity contribution in [2.75, 3.05) is 77.2 Å². The first-order valence-electron chi connectivity index (χ1n) is 29.0. The summed E-state index contributed by atoms with van der Waals surface area (Å²) >= 11 is 4.67. The molecule has 0 rings (SSSR count). The summed E-state index contributed by atoms with van der Waals surface area (Å²) in [7, 11) is 4.46. The molecular formula is C58H116N4O21S3. The van der Waals surface area contributed by atoms with E-state index >= 15 is 0 Å². The standard InChI is InChI=1S/2C14H28N2O3.3C5H10O3.3C5H10O2S/c2*1-3-5-7-9-11(15)13(17)16-12(14(18)19)10-8-6-4-2;6*1-4(3-8-2)5(6)7/h2*11-12H,3-10,15H2,1-2H3,(H,16,17)(H,18,19);6*4H,3H2,1-2H3,(H,6,7). The molecule has 0 bridgehead atoms. The molecule has 0 aromatic carbocycles. The Morgan fingerprint density at radius 3 is 0.674 bits per heavy atom. The average molecular weight is 1300 g/mol. The lowest BCUT2D eigenvalue weighted by atomic mass is 10.1. The van der Waals surface area contributed by atoms with Crippen molar-refractivity contribution in [2.24, 2.45) is 47.0 Å². The van der Waals surface area contributed by atoms with Gasteiger partial charge in [-0.05, 0) is 65.2 Å². The monoisotopic (exact) mass is 1300 g/mol. The van der Waals surface area contributed by atoms with Gasteiger partial charge in [0.05, 0.1) is 67.4 Å². The van der Waals surface area contributed by atoms with Crippen molar-refractivity contribution in [1.29, 1.82) is 0 Å². The summed E-state index contributed by atoms with van der Waals surface area (Å²) in [5.41, 5.74) is 11.5. The van der Waals surface area contributed by atoms with Crippen LogP contribution in [0.5, 0.6) is 0 Å². The van der Waals surface area contributed by atoms with E-state index in [1.54, 1.807) is 76.8 Å². The van der Waals surface area contributed by atoms with Gasteiger partial charge in [0, 0.05) is 38.6 Å². The van der Waals surface area contributed by atoms with E-state index < -0.39 is 71.9 Å². The molecule has 86 heavy (non-hydrogen) atoms. The second-order valence-corrected chi connectivity index (χ2v) is 22.9. The van der Waals surface area contributed by atoms with E-state index in [1.165, 1.54) is 21.3 Å². The van der Waals surface area contributed by atoms with Crippen LogP contribution in [0.2, 0.25) is 0 Å². The Morgan fingerprint density at radius 2 is 0.547 bits per heavy atom. The Hall–Kier alpha value is -4.45. The highest BCUT2D eigenvalue weighted by Gasteiger charge is 2.24. The largest absolute Gasteiger partial charge is 0.481 e. The van der Waals surface area contributed by atoms with Crippen LogP contribution in [0.25, 0.3) is 0 Å². The summed E-state index contributed by atoms with van der Waals surface area (Å²) in [6, 6.07) is -2.81. The van der Waals surface area contributed by atoms with Crippen LogP contribution in [0.1, 0.15) is 172 Å². The van der Waals surface area contributed by atoms with E-state index in [4.69, 9.17) is 52.3 Å². The SMILES string of the molecule is CCCCCC(N)C(=O)NC(CCCCC)C(=O)O.CCCCCC(N)C(=O)NC(CCCCC)C(=O)O.COCC(C)C(=O)O.COCC(C)C(=O)O.COCC(C)C(=O)O.CSCC(C)C(=O)O.CSCC(C)C(=O)O.CSCC(C)C(=O)O. The molecule has 0 spiro atoms. The maximum atomic E-state index is 11.8. The molecular weight excluding hydrogens is 1180 g/mol. The Labute approximate surface area is 526 Å². The van der Waals surface area contributed by atoms with Crippen LogP contribution in [0.4, 0.5) is 0 Å². The number of methoxy groups -OCH3 is 3. The summed E-state index contributed by atoms with van der Waals surface area (Å²) in [5, 5.41) is 72.8. The van der Waals surface area contributed by atoms with Crippen molar-refractivity contribution in [3.8, 4) is 0 Å². The third kappa shape index (κ3) is 73.8. The predicted molar refractivity (Wildman–Crippen MR) is 343 cm³/mol. The topological polar surface area (TPSA) is 436 Å². The Kier molecular flexibility index (Phi) is 79.2. The van der Waals surface area contributed by atoms with Gasteiger partial charge >= 0.3 is 47.8 Å². The van der Waals surface area contributed by atoms with E-state index in [-0.39, 0.29) is 67.1 Å². The number of aliphatic carboxylic acids is 8. The molecule has 2 amide bonds. The number of nitrogens with one attached hydrogen (secondary N) is 2. The lowest BCUT2D eigenvalue weighted by Crippen LogP contribution is -2.48. The van der Waals surface area contributed by atoms with Gasteiger partial charge in [-0.3, -0.25) is 38.4 Å². The number of carbonyl (C=O) groups is 10. The van der Waals surface area contributed by atoms with Gasteiger partial charge in [-0.25, -0.2) is 9.59 Å². The first-order chi connectivity index (χ1) is 40.1. The number of thioether (sulfide) groups is 3. The lowest BCUT2D eigenvalue weighted by molar-refractivity contribution is -0.143. The number of hydrogen-bond acceptors (Lipinski definition) is 18. The minimum absolute atomic E-state index is 0.204. The maximum Gasteiger partial charge on any atom is 0.326 e. The Bertz CT molecular complexity index is 1500. The van der Waals surface area contributed by atoms with Crippen LogP contribution in [0.3, 0.4) is 0 Å². The highest BCUT2D eigenvalue weighted by molar-refractivity contribution is 7.99. The zero-order chi connectivity index (χ0) is 68.8. The number of hydrogen-bond donors (Lipinski definition) is 12. The van der Waals surface area contributed by atoms with Gasteiger partial charge in [-0.1, -0.05) is 126 Å². The zero-order valence-corrected chi connectivity index (χ0v) is 57.0. The quantitative estimate of drug-likeness (QED) is 0.0256. The number of carboxylic acids is 8. The molecule has 0 saturated heterocycles. The number of ether oxygens (including phenoxy) is 3. The molecule has 0 aliphatic carbocycles. The summed E-state index contributed by atoms with van der Waals surface area (Å²) in [6.45, 7) is 19.1. The minimum Gasteiger partial charge on any atom is -0.481 e. The molecule has 0 aromatic rings. The summed E-state index contributed by atoms with van der Waals surface area (Å²) < 4.78 is 13.8. The molecule has 10 unspecified atom stereocenters. The van der Waals surface area contributed by atoms with Crippen LogP contribution in [-0.2, 0) is 62.2 Å². The number of nitrogens with two attached hydrogens (primary N) is 2. The maximum absolute atomic E-state index is 11.8. The van der Waals surface area contributed by atoms with Crippen LogP contribution in [-0.4, -0.2) is 202 Å². The number of carboxylic acid groups (broad SMARTS) is 8. The molecule has 512 valence electrons. The molecule has 0 radical (unpaired) electrons. The minimum atomic E-state index is -0.981. The van der Waals surface area contributed by atoms with Gasteiger partial charge in [0.15, 0.2) is 0 Å². The highest BCUT2D eigenvalue weighted by atomic mass is 32.2. The molecule has 0 aliphatic rings. The van der Waals surface area contributed by atoms with Crippen LogP contribution >= 0.6 is 35.3 Å². The van der Waals surface area contributed by atoms with Crippen LogP contribution in [0, 0.1) is 35.5 Å². The van der Waals surface area contributed by atoms with Crippen LogP contribution < -0.4 is 22.1 Å². The fourth-order valence-corrected chi connectivity index (χ4v) is 7.62. The smallest absolute Gasteiger partial charge is 0.326 e. The molecule has 28 heteroatoms. The van der Waals surface area contributed by atoms with Crippen LogP contribution in [0.15, 0.2) is 0 Å². The lowest BCUT2D eigenvalue weighted by Gasteiger charge is -2.17. The van der Waals surface area contributed by atoms with Crippen molar-refractivity contribution < 1.29 is 103 Å². The van der Waals surface area contributed by atoms with Crippen molar-refractivity contribution in [3.63, 3.8) is 0 Å². The van der Waals surface area contributed by atoms with Gasteiger partial charge in [-0.2, -0.15) is 35.3 Å². The molecule has 0 saturated carbocycles. The summed E-state index contributed by atoms with van der Waals surface area (Å²) in [6.07, 6.45) is 19.5. The first-order valence-corrected chi connectivity index (χ1v) is 33.2. The predicted octanol–water partition coefficient (Wildman–Crippen LogP) is 8.36. The Morgan fingerprint density at radius 1 is 0.349 bits per heavy atom. The van der Waals surface area contributed by atoms with Crippen molar-refractivity contribution in [1.82, 2.24) is 10.6 Å². The third-order valence-electron chi connectivity index (χ3n) is 11.4. The van der Waals surface area contributed by atoms with Crippen molar-refractivity contribution in [3.05, 3.63) is 0 Å². The number of carbonyl (C=O) groups excluding carboxylic acids is 2. The molecule has 0 heterocycles. The van der Waals surface area contributed by atoms with E-state index in [0.29, 0.717) is 42.9 Å². The number of amides is 2. The second kappa shape index (κ2) is 69.6. The van der Waals surface area contributed by atoms with Gasteiger partial charge in [-0.15, -0.1) is 0 Å². The molecule has 10 atom stereocenters. The molecule has 25 nitrogen and oxygen atoms in total. The molecule has 0 aliphatic heterocycles. The van der Waals surface area contributed by atoms with Gasteiger partial charge in [0.1, 0.15) is 12.1 Å². The second-order valence-electron chi connectivity index (χ2n) is 20.2. The fourth-order valence-electron chi connectivity index (χ4n) is 5.69. The van der Waals surface area contributed by atoms with Gasteiger partial charge in [0.25, 0.3) is 0 Å². The van der Waals surface area contributed by atoms with E-state index in [2.05, 4.69) is 52.5 Å². The van der Waals surface area contributed by atoms with E-state index in [1.807, 2.05) is 18.8 Å². The van der Waals surface area contributed by atoms with Gasteiger partial charge < -0.3 is 77.2 Å². The number of unbranched alkanes of at least 4 members (excludes halogenated alkanes) is 8. The average Bonchev–Trinajstić information content (AvgIpc) is 3.44. The third-order valence-corrected chi connectivity index (χ3v) is 13.9. The fraction of sp³-hybridized carbons (Fsp3) is 0.828.